The maximum Gasteiger partial charge on any atom is 0.270 e. The minimum Gasteiger partial charge on any atom is -0.357 e. The zero-order chi connectivity index (χ0) is 24.7. The fourth-order valence-corrected chi connectivity index (χ4v) is 6.05. The van der Waals surface area contributed by atoms with E-state index in [9.17, 15) is 14.9 Å². The number of pyridine rings is 1. The molecule has 0 N–H and O–H groups in total. The van der Waals surface area contributed by atoms with Crippen LogP contribution in [0.1, 0.15) is 88.3 Å². The number of rotatable bonds is 9. The SMILES string of the molecule is CCCCCCCN1C(=O)/C(=C\c2c(C)c(C#N)c(=O)n(CC)c2N2CCCCCC2)SC1=S. The second-order valence-electron chi connectivity index (χ2n) is 9.05. The third-order valence-corrected chi connectivity index (χ3v) is 8.08. The summed E-state index contributed by atoms with van der Waals surface area (Å²) < 4.78 is 2.29. The van der Waals surface area contributed by atoms with Crippen LogP contribution in [-0.4, -0.2) is 39.3 Å². The molecule has 1 aromatic rings. The Morgan fingerprint density at radius 3 is 2.35 bits per heavy atom. The molecule has 0 aliphatic carbocycles. The first kappa shape index (κ1) is 26.5. The quantitative estimate of drug-likeness (QED) is 0.250. The van der Waals surface area contributed by atoms with Crippen LogP contribution in [0.3, 0.4) is 0 Å². The summed E-state index contributed by atoms with van der Waals surface area (Å²) in [6.45, 7) is 8.78. The highest BCUT2D eigenvalue weighted by atomic mass is 32.2. The van der Waals surface area contributed by atoms with Crippen molar-refractivity contribution in [1.82, 2.24) is 9.47 Å². The van der Waals surface area contributed by atoms with E-state index in [4.69, 9.17) is 12.2 Å². The molecule has 34 heavy (non-hydrogen) atoms. The van der Waals surface area contributed by atoms with Crippen LogP contribution < -0.4 is 10.5 Å². The fraction of sp³-hybridized carbons (Fsp3) is 0.615. The van der Waals surface area contributed by atoms with Gasteiger partial charge in [0.2, 0.25) is 0 Å². The lowest BCUT2D eigenvalue weighted by Gasteiger charge is -2.29. The Labute approximate surface area is 213 Å². The number of hydrogen-bond acceptors (Lipinski definition) is 6. The molecule has 0 spiro atoms. The Kier molecular flexibility index (Phi) is 9.78. The number of aromatic nitrogens is 1. The molecule has 0 aromatic carbocycles. The predicted molar refractivity (Wildman–Crippen MR) is 145 cm³/mol. The summed E-state index contributed by atoms with van der Waals surface area (Å²) in [4.78, 5) is 31.0. The van der Waals surface area contributed by atoms with Gasteiger partial charge in [0.15, 0.2) is 0 Å². The van der Waals surface area contributed by atoms with Gasteiger partial charge in [-0.05, 0) is 44.7 Å². The molecule has 8 heteroatoms. The van der Waals surface area contributed by atoms with Gasteiger partial charge in [-0.3, -0.25) is 19.1 Å². The smallest absolute Gasteiger partial charge is 0.270 e. The van der Waals surface area contributed by atoms with Gasteiger partial charge in [0.1, 0.15) is 21.8 Å². The van der Waals surface area contributed by atoms with E-state index in [1.807, 2.05) is 19.9 Å². The highest BCUT2D eigenvalue weighted by molar-refractivity contribution is 8.26. The summed E-state index contributed by atoms with van der Waals surface area (Å²) >= 11 is 6.87. The van der Waals surface area contributed by atoms with E-state index in [1.165, 1.54) is 43.9 Å². The van der Waals surface area contributed by atoms with Crippen LogP contribution in [0, 0.1) is 18.3 Å². The van der Waals surface area contributed by atoms with Crippen LogP contribution in [0.2, 0.25) is 0 Å². The molecule has 2 saturated heterocycles. The van der Waals surface area contributed by atoms with E-state index in [2.05, 4.69) is 17.9 Å². The second kappa shape index (κ2) is 12.6. The maximum absolute atomic E-state index is 13.3. The van der Waals surface area contributed by atoms with Crippen LogP contribution in [-0.2, 0) is 11.3 Å². The molecule has 0 saturated carbocycles. The Bertz CT molecular complexity index is 1050. The molecule has 0 radical (unpaired) electrons. The van der Waals surface area contributed by atoms with Gasteiger partial charge in [-0.15, -0.1) is 0 Å². The van der Waals surface area contributed by atoms with E-state index >= 15 is 0 Å². The van der Waals surface area contributed by atoms with E-state index in [-0.39, 0.29) is 17.0 Å². The van der Waals surface area contributed by atoms with E-state index in [1.54, 1.807) is 9.47 Å². The lowest BCUT2D eigenvalue weighted by molar-refractivity contribution is -0.122. The van der Waals surface area contributed by atoms with Crippen molar-refractivity contribution < 1.29 is 4.79 Å². The zero-order valence-corrected chi connectivity index (χ0v) is 22.3. The van der Waals surface area contributed by atoms with Crippen molar-refractivity contribution in [3.05, 3.63) is 31.9 Å². The summed E-state index contributed by atoms with van der Waals surface area (Å²) in [6.07, 6.45) is 12.0. The molecule has 2 fully saturated rings. The number of carbonyl (C=O) groups is 1. The summed E-state index contributed by atoms with van der Waals surface area (Å²) in [5.41, 5.74) is 1.33. The van der Waals surface area contributed by atoms with E-state index in [0.29, 0.717) is 27.9 Å². The zero-order valence-electron chi connectivity index (χ0n) is 20.7. The first-order valence-electron chi connectivity index (χ1n) is 12.6. The molecule has 0 atom stereocenters. The molecule has 0 unspecified atom stereocenters. The highest BCUT2D eigenvalue weighted by Crippen LogP contribution is 2.36. The first-order chi connectivity index (χ1) is 16.4. The molecule has 2 aliphatic heterocycles. The lowest BCUT2D eigenvalue weighted by Crippen LogP contribution is -2.35. The largest absolute Gasteiger partial charge is 0.357 e. The minimum absolute atomic E-state index is 0.0699. The van der Waals surface area contributed by atoms with Crippen LogP contribution in [0.15, 0.2) is 9.70 Å². The summed E-state index contributed by atoms with van der Waals surface area (Å²) in [7, 11) is 0. The third kappa shape index (κ3) is 5.75. The van der Waals surface area contributed by atoms with Gasteiger partial charge >= 0.3 is 0 Å². The van der Waals surface area contributed by atoms with Gasteiger partial charge in [0.05, 0.1) is 4.91 Å². The van der Waals surface area contributed by atoms with Gasteiger partial charge in [0, 0.05) is 31.7 Å². The number of unbranched alkanes of at least 4 members (excludes halogenated alkanes) is 4. The van der Waals surface area contributed by atoms with Crippen molar-refractivity contribution in [3.63, 3.8) is 0 Å². The number of nitrogens with zero attached hydrogens (tertiary/aromatic N) is 4. The first-order valence-corrected chi connectivity index (χ1v) is 13.8. The molecule has 3 heterocycles. The number of carbonyl (C=O) groups excluding carboxylic acids is 1. The minimum atomic E-state index is -0.251. The third-order valence-electron chi connectivity index (χ3n) is 6.70. The van der Waals surface area contributed by atoms with Gasteiger partial charge in [-0.1, -0.05) is 69.4 Å². The average molecular weight is 501 g/mol. The summed E-state index contributed by atoms with van der Waals surface area (Å²) in [5.74, 6) is 0.759. The average Bonchev–Trinajstić information content (AvgIpc) is 3.00. The Morgan fingerprint density at radius 2 is 1.74 bits per heavy atom. The van der Waals surface area contributed by atoms with Gasteiger partial charge in [-0.2, -0.15) is 5.26 Å². The summed E-state index contributed by atoms with van der Waals surface area (Å²) in [6, 6.07) is 2.11. The molecule has 1 aromatic heterocycles. The Balaban J connectivity index is 2.01. The highest BCUT2D eigenvalue weighted by Gasteiger charge is 2.33. The molecular formula is C26H36N4O2S2. The Hall–Kier alpha value is -2.11. The van der Waals surface area contributed by atoms with Crippen LogP contribution in [0.4, 0.5) is 5.82 Å². The number of amides is 1. The molecule has 6 nitrogen and oxygen atoms in total. The standard InChI is InChI=1S/C26H36N4O2S2/c1-4-6-7-8-13-16-30-25(32)22(34-26(30)33)17-20-19(3)21(18-27)24(31)29(5-2)23(20)28-14-11-9-10-12-15-28/h17H,4-16H2,1-3H3/b22-17+. The maximum atomic E-state index is 13.3. The topological polar surface area (TPSA) is 69.3 Å². The van der Waals surface area contributed by atoms with Crippen molar-refractivity contribution in [3.8, 4) is 6.07 Å². The number of anilines is 1. The molecule has 0 bridgehead atoms. The van der Waals surface area contributed by atoms with Crippen molar-refractivity contribution in [2.45, 2.75) is 85.1 Å². The lowest BCUT2D eigenvalue weighted by atomic mass is 10.0. The number of thiocarbonyl (C=S) groups is 1. The van der Waals surface area contributed by atoms with Gasteiger partial charge < -0.3 is 4.90 Å². The van der Waals surface area contributed by atoms with Crippen molar-refractivity contribution in [1.29, 1.82) is 5.26 Å². The molecule has 184 valence electrons. The predicted octanol–water partition coefficient (Wildman–Crippen LogP) is 5.60. The molecule has 3 rings (SSSR count). The second-order valence-corrected chi connectivity index (χ2v) is 10.7. The van der Waals surface area contributed by atoms with Crippen LogP contribution in [0.5, 0.6) is 0 Å². The molecule has 2 aliphatic rings. The molecule has 1 amide bonds. The van der Waals surface area contributed by atoms with Crippen molar-refractivity contribution in [2.75, 3.05) is 24.5 Å². The van der Waals surface area contributed by atoms with Crippen molar-refractivity contribution in [2.24, 2.45) is 0 Å². The number of nitriles is 1. The van der Waals surface area contributed by atoms with Gasteiger partial charge in [0.25, 0.3) is 11.5 Å². The normalized spacial score (nSPS) is 18.0. The van der Waals surface area contributed by atoms with Crippen LogP contribution >= 0.6 is 24.0 Å². The Morgan fingerprint density at radius 1 is 1.06 bits per heavy atom. The fourth-order valence-electron chi connectivity index (χ4n) is 4.76. The summed E-state index contributed by atoms with van der Waals surface area (Å²) in [5, 5.41) is 9.75. The monoisotopic (exact) mass is 500 g/mol. The van der Waals surface area contributed by atoms with E-state index in [0.717, 1.165) is 50.2 Å². The van der Waals surface area contributed by atoms with E-state index < -0.39 is 0 Å². The van der Waals surface area contributed by atoms with Gasteiger partial charge in [-0.25, -0.2) is 0 Å². The number of hydrogen-bond donors (Lipinski definition) is 0. The number of thioether (sulfide) groups is 1. The molecular weight excluding hydrogens is 464 g/mol. The van der Waals surface area contributed by atoms with Crippen LogP contribution in [0.25, 0.3) is 6.08 Å². The van der Waals surface area contributed by atoms with Crippen molar-refractivity contribution >= 4 is 46.1 Å².